The van der Waals surface area contributed by atoms with Gasteiger partial charge in [0, 0.05) is 56.7 Å². The molecule has 4 rings (SSSR count). The molecule has 2 fully saturated rings. The van der Waals surface area contributed by atoms with E-state index in [0.29, 0.717) is 31.6 Å². The summed E-state index contributed by atoms with van der Waals surface area (Å²) < 4.78 is 1.94. The zero-order valence-electron chi connectivity index (χ0n) is 19.9. The van der Waals surface area contributed by atoms with Crippen molar-refractivity contribution in [1.29, 1.82) is 0 Å². The molecule has 0 aliphatic carbocycles. The second kappa shape index (κ2) is 10.3. The highest BCUT2D eigenvalue weighted by atomic mass is 16.2. The summed E-state index contributed by atoms with van der Waals surface area (Å²) in [7, 11) is 1.93. The van der Waals surface area contributed by atoms with E-state index >= 15 is 0 Å². The SMILES string of the molecule is CC(C)NC(=O)N[C@H]1C[C@H]2CN(Cc3nccn3C)[C@@H](CNC(=O)c3ccccc3)C(=O)N2C1. The smallest absolute Gasteiger partial charge is 0.315 e. The first-order valence-corrected chi connectivity index (χ1v) is 11.7. The number of urea groups is 1. The maximum atomic E-state index is 13.6. The van der Waals surface area contributed by atoms with E-state index in [4.69, 9.17) is 0 Å². The van der Waals surface area contributed by atoms with Gasteiger partial charge < -0.3 is 25.4 Å². The van der Waals surface area contributed by atoms with Crippen LogP contribution in [0.4, 0.5) is 4.79 Å². The van der Waals surface area contributed by atoms with Crippen LogP contribution in [0.25, 0.3) is 0 Å². The molecule has 3 heterocycles. The molecule has 3 N–H and O–H groups in total. The highest BCUT2D eigenvalue weighted by Gasteiger charge is 2.46. The Morgan fingerprint density at radius 2 is 1.94 bits per heavy atom. The van der Waals surface area contributed by atoms with E-state index in [9.17, 15) is 14.4 Å². The number of aryl methyl sites for hydroxylation is 1. The number of hydrogen-bond acceptors (Lipinski definition) is 5. The second-order valence-corrected chi connectivity index (χ2v) is 9.33. The number of carbonyl (C=O) groups excluding carboxylic acids is 3. The van der Waals surface area contributed by atoms with Crippen molar-refractivity contribution in [1.82, 2.24) is 35.3 Å². The highest BCUT2D eigenvalue weighted by molar-refractivity contribution is 5.94. The van der Waals surface area contributed by atoms with Crippen LogP contribution in [0.2, 0.25) is 0 Å². The average molecular weight is 468 g/mol. The molecule has 2 aliphatic heterocycles. The first kappa shape index (κ1) is 23.7. The van der Waals surface area contributed by atoms with Crippen LogP contribution in [-0.2, 0) is 18.4 Å². The summed E-state index contributed by atoms with van der Waals surface area (Å²) in [5, 5.41) is 8.77. The third-order valence-corrected chi connectivity index (χ3v) is 6.38. The molecule has 3 atom stereocenters. The van der Waals surface area contributed by atoms with Crippen LogP contribution in [0.5, 0.6) is 0 Å². The molecule has 34 heavy (non-hydrogen) atoms. The molecule has 2 aliphatic rings. The van der Waals surface area contributed by atoms with Crippen molar-refractivity contribution in [2.75, 3.05) is 19.6 Å². The summed E-state index contributed by atoms with van der Waals surface area (Å²) in [6.07, 6.45) is 4.31. The molecule has 2 saturated heterocycles. The summed E-state index contributed by atoms with van der Waals surface area (Å²) in [6, 6.07) is 8.17. The topological polar surface area (TPSA) is 112 Å². The highest BCUT2D eigenvalue weighted by Crippen LogP contribution is 2.27. The molecule has 0 unspecified atom stereocenters. The molecule has 1 aromatic heterocycles. The second-order valence-electron chi connectivity index (χ2n) is 9.33. The van der Waals surface area contributed by atoms with Crippen molar-refractivity contribution in [3.05, 3.63) is 54.1 Å². The number of rotatable bonds is 7. The van der Waals surface area contributed by atoms with Crippen molar-refractivity contribution >= 4 is 17.8 Å². The van der Waals surface area contributed by atoms with E-state index in [1.54, 1.807) is 18.3 Å². The van der Waals surface area contributed by atoms with E-state index < -0.39 is 6.04 Å². The quantitative estimate of drug-likeness (QED) is 0.555. The maximum absolute atomic E-state index is 13.6. The van der Waals surface area contributed by atoms with Gasteiger partial charge in [0.1, 0.15) is 11.9 Å². The van der Waals surface area contributed by atoms with Gasteiger partial charge in [-0.2, -0.15) is 0 Å². The first-order valence-electron chi connectivity index (χ1n) is 11.7. The number of benzene rings is 1. The Bertz CT molecular complexity index is 1020. The number of amides is 4. The molecule has 2 aromatic rings. The molecular formula is C24H33N7O3. The minimum absolute atomic E-state index is 0.00167. The lowest BCUT2D eigenvalue weighted by molar-refractivity contribution is -0.144. The monoisotopic (exact) mass is 467 g/mol. The number of nitrogens with zero attached hydrogens (tertiary/aromatic N) is 4. The van der Waals surface area contributed by atoms with Gasteiger partial charge in [-0.1, -0.05) is 18.2 Å². The van der Waals surface area contributed by atoms with Gasteiger partial charge in [-0.15, -0.1) is 0 Å². The fraction of sp³-hybridized carbons (Fsp3) is 0.500. The summed E-state index contributed by atoms with van der Waals surface area (Å²) in [5.41, 5.74) is 0.556. The van der Waals surface area contributed by atoms with E-state index in [-0.39, 0.29) is 42.5 Å². The van der Waals surface area contributed by atoms with Crippen molar-refractivity contribution in [3.63, 3.8) is 0 Å². The first-order chi connectivity index (χ1) is 16.3. The average Bonchev–Trinajstić information content (AvgIpc) is 3.39. The molecular weight excluding hydrogens is 434 g/mol. The Labute approximate surface area is 199 Å². The number of aromatic nitrogens is 2. The van der Waals surface area contributed by atoms with Crippen LogP contribution in [0.15, 0.2) is 42.7 Å². The van der Waals surface area contributed by atoms with Crippen LogP contribution in [-0.4, -0.2) is 81.0 Å². The Hall–Kier alpha value is -3.40. The molecule has 0 spiro atoms. The molecule has 4 amide bonds. The Morgan fingerprint density at radius 1 is 1.18 bits per heavy atom. The Morgan fingerprint density at radius 3 is 2.62 bits per heavy atom. The minimum atomic E-state index is -0.510. The van der Waals surface area contributed by atoms with Gasteiger partial charge in [0.25, 0.3) is 5.91 Å². The van der Waals surface area contributed by atoms with Crippen molar-refractivity contribution in [3.8, 4) is 0 Å². The molecule has 182 valence electrons. The summed E-state index contributed by atoms with van der Waals surface area (Å²) in [4.78, 5) is 46.8. The standard InChI is InChI=1S/C24H33N7O3/c1-16(2)27-24(34)28-18-11-19-14-30(15-21-25-9-10-29(21)3)20(23(33)31(19)13-18)12-26-22(32)17-7-5-4-6-8-17/h4-10,16,18-20H,11-15H2,1-3H3,(H,26,32)(H2,27,28,34)/t18-,19-,20-/m0/s1. The van der Waals surface area contributed by atoms with Crippen LogP contribution in [0, 0.1) is 0 Å². The molecule has 0 radical (unpaired) electrons. The van der Waals surface area contributed by atoms with Crippen molar-refractivity contribution in [2.45, 2.75) is 51.0 Å². The molecule has 10 heteroatoms. The number of hydrogen-bond donors (Lipinski definition) is 3. The number of imidazole rings is 1. The van der Waals surface area contributed by atoms with E-state index in [2.05, 4.69) is 25.8 Å². The lowest BCUT2D eigenvalue weighted by Crippen LogP contribution is -2.62. The van der Waals surface area contributed by atoms with Crippen LogP contribution in [0.1, 0.15) is 36.5 Å². The summed E-state index contributed by atoms with van der Waals surface area (Å²) in [6.45, 7) is 5.63. The van der Waals surface area contributed by atoms with E-state index in [1.807, 2.05) is 54.8 Å². The maximum Gasteiger partial charge on any atom is 0.315 e. The van der Waals surface area contributed by atoms with Crippen LogP contribution in [0.3, 0.4) is 0 Å². The largest absolute Gasteiger partial charge is 0.350 e. The summed E-state index contributed by atoms with van der Waals surface area (Å²) in [5.74, 6) is 0.607. The van der Waals surface area contributed by atoms with Gasteiger partial charge in [-0.05, 0) is 32.4 Å². The van der Waals surface area contributed by atoms with Gasteiger partial charge in [0.05, 0.1) is 12.6 Å². The van der Waals surface area contributed by atoms with Crippen LogP contribution >= 0.6 is 0 Å². The Kier molecular flexibility index (Phi) is 7.16. The number of fused-ring (bicyclic) bond motifs is 1. The third-order valence-electron chi connectivity index (χ3n) is 6.38. The lowest BCUT2D eigenvalue weighted by Gasteiger charge is -2.42. The van der Waals surface area contributed by atoms with Crippen molar-refractivity contribution < 1.29 is 14.4 Å². The Balaban J connectivity index is 1.47. The molecule has 0 saturated carbocycles. The zero-order valence-corrected chi connectivity index (χ0v) is 19.9. The summed E-state index contributed by atoms with van der Waals surface area (Å²) >= 11 is 0. The predicted octanol–water partition coefficient (Wildman–Crippen LogP) is 0.711. The predicted molar refractivity (Wildman–Crippen MR) is 127 cm³/mol. The lowest BCUT2D eigenvalue weighted by atomic mass is 10.0. The van der Waals surface area contributed by atoms with Gasteiger partial charge in [-0.3, -0.25) is 14.5 Å². The van der Waals surface area contributed by atoms with Gasteiger partial charge in [-0.25, -0.2) is 9.78 Å². The fourth-order valence-corrected chi connectivity index (χ4v) is 4.70. The number of carbonyl (C=O) groups is 3. The molecule has 0 bridgehead atoms. The van der Waals surface area contributed by atoms with Gasteiger partial charge >= 0.3 is 6.03 Å². The fourth-order valence-electron chi connectivity index (χ4n) is 4.70. The molecule has 10 nitrogen and oxygen atoms in total. The van der Waals surface area contributed by atoms with Gasteiger partial charge in [0.2, 0.25) is 5.91 Å². The number of piperazine rings is 1. The van der Waals surface area contributed by atoms with Gasteiger partial charge in [0.15, 0.2) is 0 Å². The van der Waals surface area contributed by atoms with E-state index in [1.165, 1.54) is 0 Å². The third kappa shape index (κ3) is 5.39. The normalized spacial score (nSPS) is 22.5. The number of nitrogens with one attached hydrogen (secondary N) is 3. The van der Waals surface area contributed by atoms with Crippen molar-refractivity contribution in [2.24, 2.45) is 7.05 Å². The van der Waals surface area contributed by atoms with E-state index in [0.717, 1.165) is 5.82 Å². The van der Waals surface area contributed by atoms with Crippen LogP contribution < -0.4 is 16.0 Å². The minimum Gasteiger partial charge on any atom is -0.350 e. The molecule has 1 aromatic carbocycles. The zero-order chi connectivity index (χ0) is 24.2.